The highest BCUT2D eigenvalue weighted by molar-refractivity contribution is 6.31. The van der Waals surface area contributed by atoms with Crippen molar-refractivity contribution >= 4 is 29.1 Å². The molecule has 2 N–H and O–H groups in total. The minimum Gasteiger partial charge on any atom is -0.362 e. The fraction of sp³-hybridized carbons (Fsp3) is 0.529. The summed E-state index contributed by atoms with van der Waals surface area (Å²) in [4.78, 5) is 26.7. The molecule has 2 amide bonds. The van der Waals surface area contributed by atoms with Crippen LogP contribution in [0.25, 0.3) is 0 Å². The van der Waals surface area contributed by atoms with Gasteiger partial charge in [0.1, 0.15) is 5.66 Å². The van der Waals surface area contributed by atoms with Gasteiger partial charge in [0, 0.05) is 42.6 Å². The summed E-state index contributed by atoms with van der Waals surface area (Å²) in [5.74, 6) is 0.432. The van der Waals surface area contributed by atoms with Crippen molar-refractivity contribution in [3.63, 3.8) is 0 Å². The highest BCUT2D eigenvalue weighted by Gasteiger charge is 2.42. The van der Waals surface area contributed by atoms with E-state index in [-0.39, 0.29) is 11.8 Å². The molecule has 1 saturated heterocycles. The first-order chi connectivity index (χ1) is 11.1. The fourth-order valence-corrected chi connectivity index (χ4v) is 3.83. The van der Waals surface area contributed by atoms with Crippen molar-refractivity contribution in [2.45, 2.75) is 37.8 Å². The van der Waals surface area contributed by atoms with Crippen LogP contribution in [0.3, 0.4) is 0 Å². The average molecular weight is 334 g/mol. The summed E-state index contributed by atoms with van der Waals surface area (Å²) in [6, 6.07) is 5.32. The number of halogens is 1. The molecule has 0 bridgehead atoms. The number of carbonyl (C=O) groups is 2. The predicted molar refractivity (Wildman–Crippen MR) is 88.4 cm³/mol. The number of hydrogen-bond donors (Lipinski definition) is 2. The normalized spacial score (nSPS) is 22.8. The maximum absolute atomic E-state index is 12.4. The van der Waals surface area contributed by atoms with Crippen LogP contribution < -0.4 is 10.6 Å². The van der Waals surface area contributed by atoms with E-state index in [0.717, 1.165) is 31.4 Å². The van der Waals surface area contributed by atoms with E-state index in [1.165, 1.54) is 6.42 Å². The third-order valence-electron chi connectivity index (χ3n) is 5.34. The Balaban J connectivity index is 1.48. The van der Waals surface area contributed by atoms with Crippen molar-refractivity contribution in [2.75, 3.05) is 18.4 Å². The van der Waals surface area contributed by atoms with Crippen LogP contribution in [0.15, 0.2) is 18.2 Å². The molecule has 0 aromatic heterocycles. The zero-order chi connectivity index (χ0) is 16.0. The summed E-state index contributed by atoms with van der Waals surface area (Å²) in [5, 5.41) is 7.10. The molecule has 2 heterocycles. The van der Waals surface area contributed by atoms with E-state index in [1.54, 1.807) is 12.1 Å². The van der Waals surface area contributed by atoms with Crippen molar-refractivity contribution in [1.29, 1.82) is 0 Å². The highest BCUT2D eigenvalue weighted by Crippen LogP contribution is 2.34. The first kappa shape index (κ1) is 14.8. The molecule has 0 unspecified atom stereocenters. The summed E-state index contributed by atoms with van der Waals surface area (Å²) in [5.41, 5.74) is 0.946. The molecule has 0 radical (unpaired) electrons. The van der Waals surface area contributed by atoms with Crippen molar-refractivity contribution < 1.29 is 9.59 Å². The van der Waals surface area contributed by atoms with E-state index < -0.39 is 5.66 Å². The van der Waals surface area contributed by atoms with Gasteiger partial charge in [-0.1, -0.05) is 18.0 Å². The number of carbonyl (C=O) groups excluding carboxylic acids is 2. The van der Waals surface area contributed by atoms with Crippen LogP contribution >= 0.6 is 11.6 Å². The van der Waals surface area contributed by atoms with Crippen molar-refractivity contribution in [2.24, 2.45) is 5.92 Å². The molecule has 122 valence electrons. The number of likely N-dealkylation sites (tertiary alicyclic amines) is 1. The summed E-state index contributed by atoms with van der Waals surface area (Å²) in [6.07, 6.45) is 4.68. The number of amides is 2. The van der Waals surface area contributed by atoms with Gasteiger partial charge in [-0.15, -0.1) is 0 Å². The van der Waals surface area contributed by atoms with Gasteiger partial charge in [0.15, 0.2) is 0 Å². The zero-order valence-corrected chi connectivity index (χ0v) is 13.7. The number of nitrogens with zero attached hydrogens (tertiary/aromatic N) is 1. The van der Waals surface area contributed by atoms with Gasteiger partial charge in [-0.25, -0.2) is 0 Å². The molecule has 1 spiro atoms. The van der Waals surface area contributed by atoms with E-state index in [1.807, 2.05) is 11.0 Å². The topological polar surface area (TPSA) is 61.4 Å². The van der Waals surface area contributed by atoms with Gasteiger partial charge in [-0.05, 0) is 31.0 Å². The van der Waals surface area contributed by atoms with E-state index in [4.69, 9.17) is 11.6 Å². The van der Waals surface area contributed by atoms with Crippen LogP contribution in [-0.2, 0) is 4.79 Å². The smallest absolute Gasteiger partial charge is 0.255 e. The predicted octanol–water partition coefficient (Wildman–Crippen LogP) is 2.61. The monoisotopic (exact) mass is 333 g/mol. The Hall–Kier alpha value is -1.75. The number of fused-ring (bicyclic) bond motifs is 1. The molecule has 1 aliphatic carbocycles. The molecular weight excluding hydrogens is 314 g/mol. The van der Waals surface area contributed by atoms with Crippen LogP contribution in [0.1, 0.15) is 42.5 Å². The molecule has 2 fully saturated rings. The first-order valence-electron chi connectivity index (χ1n) is 8.25. The second-order valence-corrected chi connectivity index (χ2v) is 7.24. The van der Waals surface area contributed by atoms with Crippen LogP contribution in [0.4, 0.5) is 5.69 Å². The Bertz CT molecular complexity index is 664. The lowest BCUT2D eigenvalue weighted by molar-refractivity contribution is -0.139. The van der Waals surface area contributed by atoms with Gasteiger partial charge in [0.05, 0.1) is 5.56 Å². The molecule has 23 heavy (non-hydrogen) atoms. The third-order valence-corrected chi connectivity index (χ3v) is 5.57. The lowest BCUT2D eigenvalue weighted by Gasteiger charge is -2.46. The Morgan fingerprint density at radius 2 is 1.96 bits per heavy atom. The second-order valence-electron chi connectivity index (χ2n) is 6.80. The minimum atomic E-state index is -0.450. The van der Waals surface area contributed by atoms with Gasteiger partial charge < -0.3 is 15.5 Å². The third kappa shape index (κ3) is 2.57. The van der Waals surface area contributed by atoms with Crippen LogP contribution in [0, 0.1) is 5.92 Å². The second kappa shape index (κ2) is 5.41. The number of piperidine rings is 1. The van der Waals surface area contributed by atoms with E-state index in [2.05, 4.69) is 10.6 Å². The minimum absolute atomic E-state index is 0.0972. The molecule has 4 rings (SSSR count). The Labute approximate surface area is 140 Å². The zero-order valence-electron chi connectivity index (χ0n) is 12.9. The SMILES string of the molecule is O=C1NC2(CCN(C(=O)C3CCC3)CC2)Nc2ccc(Cl)cc21. The molecule has 5 nitrogen and oxygen atoms in total. The largest absolute Gasteiger partial charge is 0.362 e. The van der Waals surface area contributed by atoms with Crippen LogP contribution in [-0.4, -0.2) is 35.5 Å². The summed E-state index contributed by atoms with van der Waals surface area (Å²) in [6.45, 7) is 1.37. The van der Waals surface area contributed by atoms with E-state index in [0.29, 0.717) is 29.6 Å². The van der Waals surface area contributed by atoms with Crippen molar-refractivity contribution in [3.05, 3.63) is 28.8 Å². The van der Waals surface area contributed by atoms with Gasteiger partial charge in [-0.3, -0.25) is 9.59 Å². The Kier molecular flexibility index (Phi) is 3.48. The van der Waals surface area contributed by atoms with Gasteiger partial charge >= 0.3 is 0 Å². The fourth-order valence-electron chi connectivity index (χ4n) is 3.66. The van der Waals surface area contributed by atoms with Crippen molar-refractivity contribution in [3.8, 4) is 0 Å². The van der Waals surface area contributed by atoms with Gasteiger partial charge in [-0.2, -0.15) is 0 Å². The van der Waals surface area contributed by atoms with Crippen molar-refractivity contribution in [1.82, 2.24) is 10.2 Å². The summed E-state index contributed by atoms with van der Waals surface area (Å²) in [7, 11) is 0. The lowest BCUT2D eigenvalue weighted by atomic mass is 9.83. The molecule has 1 aromatic rings. The van der Waals surface area contributed by atoms with E-state index in [9.17, 15) is 9.59 Å². The molecule has 0 atom stereocenters. The quantitative estimate of drug-likeness (QED) is 0.830. The molecular formula is C17H20ClN3O2. The maximum Gasteiger partial charge on any atom is 0.255 e. The number of rotatable bonds is 1. The number of hydrogen-bond acceptors (Lipinski definition) is 3. The number of anilines is 1. The Morgan fingerprint density at radius 1 is 1.22 bits per heavy atom. The highest BCUT2D eigenvalue weighted by atomic mass is 35.5. The summed E-state index contributed by atoms with van der Waals surface area (Å²) < 4.78 is 0. The maximum atomic E-state index is 12.4. The molecule has 3 aliphatic rings. The van der Waals surface area contributed by atoms with Gasteiger partial charge in [0.2, 0.25) is 5.91 Å². The first-order valence-corrected chi connectivity index (χ1v) is 8.63. The van der Waals surface area contributed by atoms with Crippen LogP contribution in [0.5, 0.6) is 0 Å². The Morgan fingerprint density at radius 3 is 2.61 bits per heavy atom. The number of benzene rings is 1. The molecule has 6 heteroatoms. The molecule has 1 saturated carbocycles. The van der Waals surface area contributed by atoms with E-state index >= 15 is 0 Å². The summed E-state index contributed by atoms with van der Waals surface area (Å²) >= 11 is 5.97. The van der Waals surface area contributed by atoms with Gasteiger partial charge in [0.25, 0.3) is 5.91 Å². The lowest BCUT2D eigenvalue weighted by Crippen LogP contribution is -2.63. The molecule has 2 aliphatic heterocycles. The average Bonchev–Trinajstić information content (AvgIpc) is 2.47. The molecule has 1 aromatic carbocycles. The number of nitrogens with one attached hydrogen (secondary N) is 2. The van der Waals surface area contributed by atoms with Crippen LogP contribution in [0.2, 0.25) is 5.02 Å². The standard InChI is InChI=1S/C17H20ClN3O2/c18-12-4-5-14-13(10-12)15(22)20-17(19-14)6-8-21(9-7-17)16(23)11-2-1-3-11/h4-5,10-11,19H,1-3,6-9H2,(H,20,22).